The Balaban J connectivity index is 0.00000147. The molecule has 3 rings (SSSR count). The highest BCUT2D eigenvalue weighted by Gasteiger charge is 2.21. The first-order chi connectivity index (χ1) is 9.28. The van der Waals surface area contributed by atoms with Gasteiger partial charge in [-0.15, -0.1) is 12.4 Å². The van der Waals surface area contributed by atoms with Gasteiger partial charge >= 0.3 is 0 Å². The maximum atomic E-state index is 5.85. The molecule has 1 atom stereocenters. The fourth-order valence-corrected chi connectivity index (χ4v) is 2.27. The number of nitrogens with zero attached hydrogens (tertiary/aromatic N) is 1. The zero-order valence-corrected chi connectivity index (χ0v) is 11.9. The Labute approximate surface area is 124 Å². The summed E-state index contributed by atoms with van der Waals surface area (Å²) in [6.07, 6.45) is 0. The summed E-state index contributed by atoms with van der Waals surface area (Å²) >= 11 is 0. The summed E-state index contributed by atoms with van der Waals surface area (Å²) in [4.78, 5) is 4.49. The molecule has 2 aromatic rings. The van der Waals surface area contributed by atoms with Crippen molar-refractivity contribution in [3.63, 3.8) is 0 Å². The van der Waals surface area contributed by atoms with Gasteiger partial charge in [-0.25, -0.2) is 4.99 Å². The number of aliphatic imine (C=N–C) groups is 1. The van der Waals surface area contributed by atoms with E-state index < -0.39 is 0 Å². The minimum Gasteiger partial charge on any atom is -0.497 e. The molecule has 4 nitrogen and oxygen atoms in total. The monoisotopic (exact) mass is 289 g/mol. The van der Waals surface area contributed by atoms with Gasteiger partial charge in [0.15, 0.2) is 5.96 Å². The van der Waals surface area contributed by atoms with Gasteiger partial charge < -0.3 is 15.8 Å². The molecule has 2 aromatic carbocycles. The molecule has 20 heavy (non-hydrogen) atoms. The quantitative estimate of drug-likeness (QED) is 0.893. The van der Waals surface area contributed by atoms with Gasteiger partial charge in [-0.1, -0.05) is 30.3 Å². The Hall–Kier alpha value is -2.20. The van der Waals surface area contributed by atoms with Crippen molar-refractivity contribution in [1.82, 2.24) is 0 Å². The molecule has 104 valence electrons. The summed E-state index contributed by atoms with van der Waals surface area (Å²) < 4.78 is 5.17. The predicted octanol–water partition coefficient (Wildman–Crippen LogP) is 2.95. The van der Waals surface area contributed by atoms with Crippen LogP contribution in [0.5, 0.6) is 5.75 Å². The molecular weight excluding hydrogens is 274 g/mol. The molecule has 0 amide bonds. The second kappa shape index (κ2) is 5.84. The van der Waals surface area contributed by atoms with Crippen LogP contribution in [0.25, 0.3) is 0 Å². The number of benzene rings is 2. The topological polar surface area (TPSA) is 59.6 Å². The molecule has 0 aromatic heterocycles. The number of hydrogen-bond acceptors (Lipinski definition) is 4. The van der Waals surface area contributed by atoms with E-state index in [2.05, 4.69) is 16.4 Å². The van der Waals surface area contributed by atoms with Gasteiger partial charge in [-0.05, 0) is 23.8 Å². The standard InChI is InChI=1S/C15H15N3O.ClH/c1-19-11-8-6-10(7-9-11)14-12-4-2-3-5-13(12)17-15(16)18-14;/h2-9,14H,1H3,(H3,16,17,18);1H. The van der Waals surface area contributed by atoms with Crippen molar-refractivity contribution in [2.24, 2.45) is 10.7 Å². The molecule has 1 unspecified atom stereocenters. The third-order valence-corrected chi connectivity index (χ3v) is 3.22. The number of halogens is 1. The van der Waals surface area contributed by atoms with Crippen molar-refractivity contribution < 1.29 is 4.74 Å². The second-order valence-electron chi connectivity index (χ2n) is 4.40. The number of methoxy groups -OCH3 is 1. The molecule has 3 N–H and O–H groups in total. The van der Waals surface area contributed by atoms with Crippen molar-refractivity contribution in [3.8, 4) is 5.75 Å². The van der Waals surface area contributed by atoms with Gasteiger partial charge in [-0.2, -0.15) is 0 Å². The van der Waals surface area contributed by atoms with Gasteiger partial charge in [0.05, 0.1) is 7.11 Å². The van der Waals surface area contributed by atoms with E-state index in [-0.39, 0.29) is 18.4 Å². The molecule has 5 heteroatoms. The molecule has 0 saturated heterocycles. The van der Waals surface area contributed by atoms with E-state index in [0.29, 0.717) is 5.96 Å². The zero-order valence-electron chi connectivity index (χ0n) is 11.0. The first-order valence-corrected chi connectivity index (χ1v) is 6.11. The Bertz CT molecular complexity index is 625. The number of para-hydroxylation sites is 1. The highest BCUT2D eigenvalue weighted by molar-refractivity contribution is 5.95. The van der Waals surface area contributed by atoms with E-state index in [1.807, 2.05) is 42.5 Å². The van der Waals surface area contributed by atoms with E-state index >= 15 is 0 Å². The molecule has 0 bridgehead atoms. The average molecular weight is 290 g/mol. The lowest BCUT2D eigenvalue weighted by atomic mass is 9.96. The molecule has 1 aliphatic rings. The normalized spacial score (nSPS) is 16.2. The Morgan fingerprint density at radius 2 is 1.80 bits per heavy atom. The number of nitrogens with one attached hydrogen (secondary N) is 1. The summed E-state index contributed by atoms with van der Waals surface area (Å²) in [5, 5.41) is 3.09. The van der Waals surface area contributed by atoms with Crippen LogP contribution >= 0.6 is 12.4 Å². The van der Waals surface area contributed by atoms with Crippen LogP contribution in [0.1, 0.15) is 17.2 Å². The first kappa shape index (κ1) is 14.2. The summed E-state index contributed by atoms with van der Waals surface area (Å²) in [5.74, 6) is 1.28. The van der Waals surface area contributed by atoms with Crippen molar-refractivity contribution in [2.45, 2.75) is 6.04 Å². The number of ether oxygens (including phenoxy) is 1. The van der Waals surface area contributed by atoms with Gasteiger partial charge in [0.25, 0.3) is 0 Å². The molecule has 0 saturated carbocycles. The maximum absolute atomic E-state index is 5.85. The fourth-order valence-electron chi connectivity index (χ4n) is 2.27. The second-order valence-corrected chi connectivity index (χ2v) is 4.40. The largest absolute Gasteiger partial charge is 0.497 e. The molecule has 0 fully saturated rings. The molecule has 0 spiro atoms. The number of rotatable bonds is 2. The Morgan fingerprint density at radius 1 is 1.10 bits per heavy atom. The Kier molecular flexibility index (Phi) is 4.15. The van der Waals surface area contributed by atoms with Crippen LogP contribution in [0.3, 0.4) is 0 Å². The minimum absolute atomic E-state index is 0. The van der Waals surface area contributed by atoms with Crippen LogP contribution in [-0.2, 0) is 0 Å². The zero-order chi connectivity index (χ0) is 13.2. The maximum Gasteiger partial charge on any atom is 0.194 e. The molecule has 0 radical (unpaired) electrons. The van der Waals surface area contributed by atoms with E-state index in [9.17, 15) is 0 Å². The summed E-state index contributed by atoms with van der Waals surface area (Å²) in [5.41, 5.74) is 9.08. The van der Waals surface area contributed by atoms with Crippen molar-refractivity contribution in [1.29, 1.82) is 0 Å². The van der Waals surface area contributed by atoms with Crippen LogP contribution in [0.15, 0.2) is 53.5 Å². The van der Waals surface area contributed by atoms with Crippen LogP contribution in [0.2, 0.25) is 0 Å². The van der Waals surface area contributed by atoms with Crippen LogP contribution in [-0.4, -0.2) is 13.1 Å². The molecular formula is C15H16ClN3O. The smallest absolute Gasteiger partial charge is 0.194 e. The van der Waals surface area contributed by atoms with E-state index in [1.54, 1.807) is 7.11 Å². The summed E-state index contributed by atoms with van der Waals surface area (Å²) in [6.45, 7) is 0. The van der Waals surface area contributed by atoms with Crippen LogP contribution < -0.4 is 15.8 Å². The number of nitrogens with two attached hydrogens (primary N) is 1. The van der Waals surface area contributed by atoms with Gasteiger partial charge in [0, 0.05) is 11.3 Å². The SMILES string of the molecule is COc1ccc(C2N=C(N)Nc3ccccc32)cc1.Cl. The number of hydrogen-bond donors (Lipinski definition) is 2. The fraction of sp³-hybridized carbons (Fsp3) is 0.133. The van der Waals surface area contributed by atoms with E-state index in [0.717, 1.165) is 22.6 Å². The van der Waals surface area contributed by atoms with E-state index in [4.69, 9.17) is 10.5 Å². The molecule has 1 aliphatic heterocycles. The summed E-state index contributed by atoms with van der Waals surface area (Å²) in [6, 6.07) is 15.9. The van der Waals surface area contributed by atoms with Crippen molar-refractivity contribution in [3.05, 3.63) is 59.7 Å². The van der Waals surface area contributed by atoms with Gasteiger partial charge in [-0.3, -0.25) is 0 Å². The molecule has 0 aliphatic carbocycles. The highest BCUT2D eigenvalue weighted by Crippen LogP contribution is 2.34. The van der Waals surface area contributed by atoms with Crippen LogP contribution in [0.4, 0.5) is 5.69 Å². The Morgan fingerprint density at radius 3 is 2.50 bits per heavy atom. The van der Waals surface area contributed by atoms with Crippen LogP contribution in [0, 0.1) is 0 Å². The van der Waals surface area contributed by atoms with Crippen molar-refractivity contribution in [2.75, 3.05) is 12.4 Å². The number of guanidine groups is 1. The van der Waals surface area contributed by atoms with Crippen molar-refractivity contribution >= 4 is 24.1 Å². The molecule has 1 heterocycles. The summed E-state index contributed by atoms with van der Waals surface area (Å²) in [7, 11) is 1.66. The number of fused-ring (bicyclic) bond motifs is 1. The van der Waals surface area contributed by atoms with Gasteiger partial charge in [0.2, 0.25) is 0 Å². The average Bonchev–Trinajstić information content (AvgIpc) is 2.46. The lowest BCUT2D eigenvalue weighted by Crippen LogP contribution is -2.28. The number of anilines is 1. The van der Waals surface area contributed by atoms with Gasteiger partial charge in [0.1, 0.15) is 11.8 Å². The van der Waals surface area contributed by atoms with E-state index in [1.165, 1.54) is 0 Å². The lowest BCUT2D eigenvalue weighted by molar-refractivity contribution is 0.414. The third kappa shape index (κ3) is 2.56. The third-order valence-electron chi connectivity index (χ3n) is 3.22. The highest BCUT2D eigenvalue weighted by atomic mass is 35.5. The minimum atomic E-state index is -0.0663. The predicted molar refractivity (Wildman–Crippen MR) is 83.8 cm³/mol. The lowest BCUT2D eigenvalue weighted by Gasteiger charge is -2.23. The first-order valence-electron chi connectivity index (χ1n) is 6.11.